The molecule has 6 heteroatoms. The van der Waals surface area contributed by atoms with Gasteiger partial charge in [0.25, 0.3) is 0 Å². The van der Waals surface area contributed by atoms with Gasteiger partial charge in [-0.25, -0.2) is 4.98 Å². The second kappa shape index (κ2) is 9.20. The minimum Gasteiger partial charge on any atom is -0.376 e. The van der Waals surface area contributed by atoms with E-state index in [0.717, 1.165) is 63.6 Å². The van der Waals surface area contributed by atoms with Gasteiger partial charge in [0.1, 0.15) is 17.7 Å². The highest BCUT2D eigenvalue weighted by Crippen LogP contribution is 2.24. The van der Waals surface area contributed by atoms with Crippen LogP contribution in [0.15, 0.2) is 12.1 Å². The van der Waals surface area contributed by atoms with Crippen molar-refractivity contribution in [3.63, 3.8) is 0 Å². The molecule has 3 heterocycles. The molecular weight excluding hydrogens is 328 g/mol. The van der Waals surface area contributed by atoms with Crippen LogP contribution in [-0.4, -0.2) is 57.6 Å². The average Bonchev–Trinajstić information content (AvgIpc) is 2.69. The first-order chi connectivity index (χ1) is 12.7. The summed E-state index contributed by atoms with van der Waals surface area (Å²) in [5.41, 5.74) is 0.606. The lowest BCUT2D eigenvalue weighted by atomic mass is 10.1. The van der Waals surface area contributed by atoms with E-state index in [4.69, 9.17) is 14.5 Å². The molecule has 1 aromatic rings. The molecule has 0 N–H and O–H groups in total. The molecule has 6 nitrogen and oxygen atoms in total. The predicted octanol–water partition coefficient (Wildman–Crippen LogP) is 2.96. The molecule has 0 bridgehead atoms. The number of aromatic nitrogens is 1. The summed E-state index contributed by atoms with van der Waals surface area (Å²) in [6, 6.07) is 6.07. The van der Waals surface area contributed by atoms with E-state index in [9.17, 15) is 5.26 Å². The highest BCUT2D eigenvalue weighted by atomic mass is 16.5. The highest BCUT2D eigenvalue weighted by Gasteiger charge is 2.21. The molecule has 0 aromatic carbocycles. The van der Waals surface area contributed by atoms with Gasteiger partial charge in [0.05, 0.1) is 17.8 Å². The van der Waals surface area contributed by atoms with E-state index in [1.54, 1.807) is 0 Å². The highest BCUT2D eigenvalue weighted by molar-refractivity contribution is 5.58. The van der Waals surface area contributed by atoms with Crippen LogP contribution in [0.25, 0.3) is 0 Å². The number of anilines is 2. The van der Waals surface area contributed by atoms with E-state index >= 15 is 0 Å². The van der Waals surface area contributed by atoms with E-state index in [0.29, 0.717) is 5.56 Å². The lowest BCUT2D eigenvalue weighted by molar-refractivity contribution is 0.0215. The molecule has 1 aromatic heterocycles. The predicted molar refractivity (Wildman–Crippen MR) is 103 cm³/mol. The Hall–Kier alpha value is -1.84. The smallest absolute Gasteiger partial charge is 0.148 e. The van der Waals surface area contributed by atoms with Crippen LogP contribution in [0.3, 0.4) is 0 Å². The molecule has 0 spiro atoms. The first-order valence-corrected chi connectivity index (χ1v) is 9.74. The lowest BCUT2D eigenvalue weighted by Crippen LogP contribution is -2.35. The van der Waals surface area contributed by atoms with Crippen LogP contribution in [-0.2, 0) is 9.47 Å². The minimum atomic E-state index is 0.221. The topological polar surface area (TPSA) is 61.6 Å². The van der Waals surface area contributed by atoms with Crippen LogP contribution in [0.2, 0.25) is 0 Å². The van der Waals surface area contributed by atoms with Crippen molar-refractivity contribution in [3.05, 3.63) is 17.7 Å². The monoisotopic (exact) mass is 358 g/mol. The third-order valence-corrected chi connectivity index (χ3v) is 5.24. The third-order valence-electron chi connectivity index (χ3n) is 5.24. The Kier molecular flexibility index (Phi) is 6.70. The number of nitriles is 1. The fourth-order valence-electron chi connectivity index (χ4n) is 3.72. The van der Waals surface area contributed by atoms with Crippen molar-refractivity contribution in [2.24, 2.45) is 0 Å². The Labute approximate surface area is 156 Å². The maximum atomic E-state index is 9.48. The van der Waals surface area contributed by atoms with Crippen LogP contribution in [0.1, 0.15) is 44.1 Å². The zero-order chi connectivity index (χ0) is 18.4. The molecule has 142 valence electrons. The van der Waals surface area contributed by atoms with Crippen LogP contribution >= 0.6 is 0 Å². The average molecular weight is 358 g/mol. The molecule has 0 saturated carbocycles. The molecule has 2 saturated heterocycles. The summed E-state index contributed by atoms with van der Waals surface area (Å²) in [7, 11) is 4.04. The molecule has 2 aliphatic heterocycles. The number of rotatable bonds is 6. The molecule has 2 aliphatic rings. The van der Waals surface area contributed by atoms with Crippen molar-refractivity contribution in [1.82, 2.24) is 4.98 Å². The zero-order valence-corrected chi connectivity index (χ0v) is 16.0. The summed E-state index contributed by atoms with van der Waals surface area (Å²) in [5, 5.41) is 9.48. The molecule has 2 atom stereocenters. The van der Waals surface area contributed by atoms with Crippen molar-refractivity contribution in [1.29, 1.82) is 5.26 Å². The van der Waals surface area contributed by atoms with Gasteiger partial charge >= 0.3 is 0 Å². The quantitative estimate of drug-likeness (QED) is 0.779. The second-order valence-electron chi connectivity index (χ2n) is 7.39. The Bertz CT molecular complexity index is 619. The standard InChI is InChI=1S/C20H30N4O2/c1-23(14-17-7-3-5-11-25-17)19-10-9-16(13-21)20(22-19)24(2)15-18-8-4-6-12-26-18/h9-10,17-18H,3-8,11-12,14-15H2,1-2H3. The third kappa shape index (κ3) is 4.87. The summed E-state index contributed by atoms with van der Waals surface area (Å²) in [5.74, 6) is 1.61. The van der Waals surface area contributed by atoms with E-state index in [2.05, 4.69) is 15.9 Å². The summed E-state index contributed by atoms with van der Waals surface area (Å²) in [6.45, 7) is 3.28. The van der Waals surface area contributed by atoms with E-state index in [1.165, 1.54) is 12.8 Å². The van der Waals surface area contributed by atoms with E-state index < -0.39 is 0 Å². The van der Waals surface area contributed by atoms with Crippen LogP contribution < -0.4 is 9.80 Å². The van der Waals surface area contributed by atoms with Crippen molar-refractivity contribution in [3.8, 4) is 6.07 Å². The van der Waals surface area contributed by atoms with Gasteiger partial charge in [-0.05, 0) is 50.7 Å². The molecule has 0 radical (unpaired) electrons. The Morgan fingerprint density at radius 3 is 2.15 bits per heavy atom. The van der Waals surface area contributed by atoms with Gasteiger partial charge in [-0.1, -0.05) is 0 Å². The fourth-order valence-corrected chi connectivity index (χ4v) is 3.72. The molecular formula is C20H30N4O2. The van der Waals surface area contributed by atoms with Crippen molar-refractivity contribution < 1.29 is 9.47 Å². The summed E-state index contributed by atoms with van der Waals surface area (Å²) < 4.78 is 11.7. The van der Waals surface area contributed by atoms with Crippen molar-refractivity contribution in [2.45, 2.75) is 50.7 Å². The van der Waals surface area contributed by atoms with Gasteiger partial charge in [0, 0.05) is 40.4 Å². The molecule has 3 rings (SSSR count). The molecule has 2 fully saturated rings. The molecule has 0 amide bonds. The van der Waals surface area contributed by atoms with Gasteiger partial charge in [-0.3, -0.25) is 0 Å². The number of hydrogen-bond donors (Lipinski definition) is 0. The number of likely N-dealkylation sites (N-methyl/N-ethyl adjacent to an activating group) is 2. The van der Waals surface area contributed by atoms with Crippen LogP contribution in [0.5, 0.6) is 0 Å². The van der Waals surface area contributed by atoms with Crippen molar-refractivity contribution >= 4 is 11.6 Å². The van der Waals surface area contributed by atoms with Crippen molar-refractivity contribution in [2.75, 3.05) is 50.2 Å². The largest absolute Gasteiger partial charge is 0.376 e. The summed E-state index contributed by atoms with van der Waals surface area (Å²) >= 11 is 0. The van der Waals surface area contributed by atoms with E-state index in [1.807, 2.05) is 26.2 Å². The van der Waals surface area contributed by atoms with Gasteiger partial charge in [0.2, 0.25) is 0 Å². The maximum Gasteiger partial charge on any atom is 0.148 e. The summed E-state index contributed by atoms with van der Waals surface area (Å²) in [4.78, 5) is 8.98. The van der Waals surface area contributed by atoms with Gasteiger partial charge in [-0.15, -0.1) is 0 Å². The van der Waals surface area contributed by atoms with Crippen LogP contribution in [0, 0.1) is 11.3 Å². The SMILES string of the molecule is CN(CC1CCCCO1)c1ccc(C#N)c(N(C)CC2CCCCO2)n1. The minimum absolute atomic E-state index is 0.221. The number of nitrogens with zero attached hydrogens (tertiary/aromatic N) is 4. The molecule has 2 unspecified atom stereocenters. The molecule has 0 aliphatic carbocycles. The second-order valence-corrected chi connectivity index (χ2v) is 7.39. The van der Waals surface area contributed by atoms with Crippen LogP contribution in [0.4, 0.5) is 11.6 Å². The number of hydrogen-bond acceptors (Lipinski definition) is 6. The first-order valence-electron chi connectivity index (χ1n) is 9.74. The number of pyridine rings is 1. The van der Waals surface area contributed by atoms with E-state index in [-0.39, 0.29) is 12.2 Å². The first kappa shape index (κ1) is 18.9. The van der Waals surface area contributed by atoms with Gasteiger partial charge in [-0.2, -0.15) is 5.26 Å². The lowest BCUT2D eigenvalue weighted by Gasteiger charge is -2.30. The zero-order valence-electron chi connectivity index (χ0n) is 16.0. The Morgan fingerprint density at radius 1 is 1.00 bits per heavy atom. The van der Waals surface area contributed by atoms with Gasteiger partial charge < -0.3 is 19.3 Å². The summed E-state index contributed by atoms with van der Waals surface area (Å²) in [6.07, 6.45) is 7.41. The normalized spacial score (nSPS) is 23.3. The Morgan fingerprint density at radius 2 is 1.62 bits per heavy atom. The Balaban J connectivity index is 1.69. The van der Waals surface area contributed by atoms with Gasteiger partial charge in [0.15, 0.2) is 0 Å². The number of ether oxygens (including phenoxy) is 2. The maximum absolute atomic E-state index is 9.48. The molecule has 26 heavy (non-hydrogen) atoms. The fraction of sp³-hybridized carbons (Fsp3) is 0.700.